The summed E-state index contributed by atoms with van der Waals surface area (Å²) in [7, 11) is 0. The van der Waals surface area contributed by atoms with Crippen LogP contribution in [0.15, 0.2) is 72.3 Å². The number of ketones is 1. The lowest BCUT2D eigenvalue weighted by Crippen LogP contribution is -2.82. The van der Waals surface area contributed by atoms with E-state index >= 15 is 0 Å². The Morgan fingerprint density at radius 3 is 2.12 bits per heavy atom. The molecule has 2 aromatic rings. The van der Waals surface area contributed by atoms with Gasteiger partial charge in [-0.3, -0.25) is 9.59 Å². The number of esters is 3. The Balaban J connectivity index is 1.46. The zero-order valence-corrected chi connectivity index (χ0v) is 33.0. The summed E-state index contributed by atoms with van der Waals surface area (Å²) < 4.78 is 29.3. The van der Waals surface area contributed by atoms with E-state index in [2.05, 4.69) is 5.32 Å². The molecule has 2 bridgehead atoms. The predicted octanol–water partition coefficient (Wildman–Crippen LogP) is 2.87. The summed E-state index contributed by atoms with van der Waals surface area (Å²) in [5.41, 5.74) is -8.35. The topological polar surface area (TPSA) is 224 Å². The first-order chi connectivity index (χ1) is 26.6. The summed E-state index contributed by atoms with van der Waals surface area (Å²) in [5, 5.41) is 51.2. The zero-order chi connectivity index (χ0) is 41.9. The monoisotopic (exact) mass is 793 g/mol. The summed E-state index contributed by atoms with van der Waals surface area (Å²) >= 11 is 0. The number of fused-ring (bicyclic) bond motifs is 5. The van der Waals surface area contributed by atoms with Crippen molar-refractivity contribution in [3.63, 3.8) is 0 Å². The van der Waals surface area contributed by atoms with Gasteiger partial charge in [-0.05, 0) is 44.5 Å². The molecule has 5 N–H and O–H groups in total. The molecule has 3 fully saturated rings. The Kier molecular flexibility index (Phi) is 11.0. The standard InChI is InChI=1S/C42H51NO14/c1-22(44)56-41-21-53-28(41)19-27(45)40(7)32(41)34(55-35(49)24-16-12-9-13-17-24)42(52)20-25(18-26(39(42,5)6)30(46)33(40)48)54-36(50)31(47)29(23-14-10-8-11-15-23)43-37(51)57-38(2,3)4/h8-18,25,27-29,31-34,45,47-48,52H,19-21H2,1-7H3,(H,43,51)/t25-,27+,28-,29+,31-,32+,33?,34+,40-,41+,42-/m1/s1. The van der Waals surface area contributed by atoms with Crippen LogP contribution in [0.3, 0.4) is 0 Å². The molecule has 1 heterocycles. The number of amides is 1. The number of aliphatic hydroxyl groups is 4. The second-order valence-corrected chi connectivity index (χ2v) is 17.2. The van der Waals surface area contributed by atoms with Gasteiger partial charge in [-0.1, -0.05) is 69.3 Å². The van der Waals surface area contributed by atoms with Crippen molar-refractivity contribution in [2.24, 2.45) is 16.7 Å². The van der Waals surface area contributed by atoms with E-state index in [0.717, 1.165) is 6.92 Å². The van der Waals surface area contributed by atoms with Crippen LogP contribution in [-0.4, -0.2) is 110 Å². The molecule has 2 saturated carbocycles. The molecule has 1 aliphatic heterocycles. The maximum atomic E-state index is 14.6. The molecule has 15 heteroatoms. The molecular formula is C42H51NO14. The number of hydrogen-bond donors (Lipinski definition) is 5. The molecule has 11 atom stereocenters. The normalized spacial score (nSPS) is 33.9. The smallest absolute Gasteiger partial charge is 0.408 e. The van der Waals surface area contributed by atoms with Crippen molar-refractivity contribution >= 4 is 29.8 Å². The molecule has 0 spiro atoms. The highest BCUT2D eigenvalue weighted by Gasteiger charge is 2.77. The average molecular weight is 794 g/mol. The molecule has 1 unspecified atom stereocenters. The minimum atomic E-state index is -2.36. The fourth-order valence-corrected chi connectivity index (χ4v) is 9.08. The number of rotatable bonds is 8. The van der Waals surface area contributed by atoms with Crippen LogP contribution < -0.4 is 5.32 Å². The van der Waals surface area contributed by atoms with Gasteiger partial charge >= 0.3 is 24.0 Å². The summed E-state index contributed by atoms with van der Waals surface area (Å²) in [5.74, 6) is -5.34. The number of aliphatic hydroxyl groups excluding tert-OH is 3. The number of nitrogens with one attached hydrogen (secondary N) is 1. The third-order valence-electron chi connectivity index (χ3n) is 12.1. The van der Waals surface area contributed by atoms with Gasteiger partial charge in [0.05, 0.1) is 30.2 Å². The van der Waals surface area contributed by atoms with Crippen LogP contribution in [0.4, 0.5) is 4.79 Å². The lowest BCUT2D eigenvalue weighted by Gasteiger charge is -2.67. The van der Waals surface area contributed by atoms with Crippen LogP contribution in [0.1, 0.15) is 83.3 Å². The van der Waals surface area contributed by atoms with E-state index in [-0.39, 0.29) is 24.2 Å². The molecule has 0 radical (unpaired) electrons. The van der Waals surface area contributed by atoms with E-state index in [0.29, 0.717) is 5.56 Å². The van der Waals surface area contributed by atoms with Crippen LogP contribution in [0.25, 0.3) is 0 Å². The van der Waals surface area contributed by atoms with Crippen molar-refractivity contribution in [3.8, 4) is 0 Å². The fourth-order valence-electron chi connectivity index (χ4n) is 9.08. The number of hydrogen-bond acceptors (Lipinski definition) is 14. The lowest BCUT2D eigenvalue weighted by molar-refractivity contribution is -0.357. The number of Topliss-reactive ketones (excluding diaryl/α,β-unsaturated/α-hetero) is 1. The first-order valence-electron chi connectivity index (χ1n) is 18.9. The van der Waals surface area contributed by atoms with E-state index in [9.17, 15) is 44.4 Å². The van der Waals surface area contributed by atoms with Crippen LogP contribution in [0.2, 0.25) is 0 Å². The van der Waals surface area contributed by atoms with Crippen LogP contribution in [0.5, 0.6) is 0 Å². The zero-order valence-electron chi connectivity index (χ0n) is 33.0. The summed E-state index contributed by atoms with van der Waals surface area (Å²) in [4.78, 5) is 68.3. The Morgan fingerprint density at radius 1 is 0.947 bits per heavy atom. The van der Waals surface area contributed by atoms with Gasteiger partial charge < -0.3 is 49.4 Å². The second kappa shape index (κ2) is 14.9. The maximum Gasteiger partial charge on any atom is 0.408 e. The number of carbonyl (C=O) groups is 5. The highest BCUT2D eigenvalue weighted by atomic mass is 16.6. The molecule has 2 aromatic carbocycles. The van der Waals surface area contributed by atoms with Gasteiger partial charge in [-0.15, -0.1) is 0 Å². The van der Waals surface area contributed by atoms with Crippen molar-refractivity contribution in [2.75, 3.05) is 6.61 Å². The quantitative estimate of drug-likeness (QED) is 0.192. The van der Waals surface area contributed by atoms with Crippen LogP contribution >= 0.6 is 0 Å². The largest absolute Gasteiger partial charge is 0.456 e. The van der Waals surface area contributed by atoms with Gasteiger partial charge in [0, 0.05) is 36.2 Å². The average Bonchev–Trinajstić information content (AvgIpc) is 3.14. The SMILES string of the molecule is CC(=O)O[C@@]12CO[C@@H]1C[C@H](O)[C@@]1(C)C(O)C(=O)C3=C[C@@H](OC(=O)[C@H](O)[C@@H](NC(=O)OC(C)(C)C)c4ccccc4)C[C@@](O)([C@@H](OC(=O)c4ccccc4)[C@H]21)C3(C)C. The molecule has 1 saturated heterocycles. The highest BCUT2D eigenvalue weighted by Crippen LogP contribution is 2.63. The third-order valence-corrected chi connectivity index (χ3v) is 12.1. The van der Waals surface area contributed by atoms with Gasteiger partial charge in [0.1, 0.15) is 35.6 Å². The fraction of sp³-hybridized carbons (Fsp3) is 0.548. The molecular weight excluding hydrogens is 742 g/mol. The summed E-state index contributed by atoms with van der Waals surface area (Å²) in [6, 6.07) is 14.6. The Bertz CT molecular complexity index is 1930. The number of carbonyl (C=O) groups excluding carboxylic acids is 5. The van der Waals surface area contributed by atoms with Gasteiger partial charge in [0.2, 0.25) is 0 Å². The van der Waals surface area contributed by atoms with Crippen molar-refractivity contribution in [1.29, 1.82) is 0 Å². The Labute approximate surface area is 330 Å². The minimum absolute atomic E-state index is 0.0840. The lowest BCUT2D eigenvalue weighted by atomic mass is 9.45. The predicted molar refractivity (Wildman–Crippen MR) is 199 cm³/mol. The van der Waals surface area contributed by atoms with Gasteiger partial charge in [-0.25, -0.2) is 14.4 Å². The summed E-state index contributed by atoms with van der Waals surface area (Å²) in [6.45, 7) is 10.2. The molecule has 308 valence electrons. The van der Waals surface area contributed by atoms with Crippen molar-refractivity contribution in [2.45, 2.75) is 121 Å². The molecule has 0 aromatic heterocycles. The molecule has 4 aliphatic rings. The Morgan fingerprint density at radius 2 is 1.56 bits per heavy atom. The first kappa shape index (κ1) is 41.9. The Hall–Kier alpha value is -4.67. The van der Waals surface area contributed by atoms with E-state index in [1.165, 1.54) is 39.0 Å². The van der Waals surface area contributed by atoms with Gasteiger partial charge in [-0.2, -0.15) is 0 Å². The molecule has 15 nitrogen and oxygen atoms in total. The van der Waals surface area contributed by atoms with Gasteiger partial charge in [0.25, 0.3) is 0 Å². The van der Waals surface area contributed by atoms with Crippen LogP contribution in [0, 0.1) is 16.7 Å². The maximum absolute atomic E-state index is 14.6. The number of ether oxygens (including phenoxy) is 5. The van der Waals surface area contributed by atoms with E-state index in [1.54, 1.807) is 69.3 Å². The minimum Gasteiger partial charge on any atom is -0.456 e. The molecule has 1 amide bonds. The third kappa shape index (κ3) is 7.24. The van der Waals surface area contributed by atoms with Gasteiger partial charge in [0.15, 0.2) is 17.5 Å². The van der Waals surface area contributed by atoms with E-state index in [4.69, 9.17) is 23.7 Å². The van der Waals surface area contributed by atoms with E-state index in [1.807, 2.05) is 0 Å². The first-order valence-corrected chi connectivity index (χ1v) is 18.9. The van der Waals surface area contributed by atoms with Crippen molar-refractivity contribution in [1.82, 2.24) is 5.32 Å². The number of alkyl carbamates (subject to hydrolysis) is 1. The van der Waals surface area contributed by atoms with Crippen LogP contribution in [-0.2, 0) is 38.1 Å². The van der Waals surface area contributed by atoms with Crippen molar-refractivity contribution < 1.29 is 68.1 Å². The molecule has 57 heavy (non-hydrogen) atoms. The van der Waals surface area contributed by atoms with Crippen molar-refractivity contribution in [3.05, 3.63) is 83.4 Å². The second-order valence-electron chi connectivity index (χ2n) is 17.2. The highest BCUT2D eigenvalue weighted by molar-refractivity contribution is 6.01. The molecule has 3 aliphatic carbocycles. The van der Waals surface area contributed by atoms with E-state index < -0.39 is 112 Å². The summed E-state index contributed by atoms with van der Waals surface area (Å²) in [6.07, 6.45) is -10.2. The number of benzene rings is 2. The molecule has 6 rings (SSSR count).